The van der Waals surface area contributed by atoms with Gasteiger partial charge in [0.2, 0.25) is 15.9 Å². The Hall–Kier alpha value is -2.66. The molecule has 0 aromatic carbocycles. The van der Waals surface area contributed by atoms with Gasteiger partial charge in [-0.05, 0) is 32.8 Å². The number of aryl methyl sites for hydroxylation is 2. The van der Waals surface area contributed by atoms with Crippen LogP contribution in [0, 0.1) is 6.92 Å². The number of carbonyl (C=O) groups excluding carboxylic acids is 2. The van der Waals surface area contributed by atoms with Crippen molar-refractivity contribution in [2.24, 2.45) is 7.05 Å². The maximum Gasteiger partial charge on any atom is 0.354 e. The number of nitrogens with zero attached hydrogens (tertiary/aromatic N) is 3. The molecule has 0 saturated carbocycles. The Labute approximate surface area is 162 Å². The van der Waals surface area contributed by atoms with Gasteiger partial charge in [-0.2, -0.15) is 4.31 Å². The summed E-state index contributed by atoms with van der Waals surface area (Å²) in [6.45, 7) is 3.75. The van der Waals surface area contributed by atoms with Gasteiger partial charge >= 0.3 is 5.97 Å². The number of rotatable bonds is 6. The lowest BCUT2D eigenvalue weighted by Gasteiger charge is -2.22. The highest BCUT2D eigenvalue weighted by molar-refractivity contribution is 7.89. The number of anilines is 1. The molecule has 10 nitrogen and oxygen atoms in total. The number of amides is 1. The van der Waals surface area contributed by atoms with Crippen LogP contribution in [-0.4, -0.2) is 53.5 Å². The summed E-state index contributed by atoms with van der Waals surface area (Å²) in [6, 6.07) is 1.95. The zero-order chi connectivity index (χ0) is 20.5. The van der Waals surface area contributed by atoms with E-state index in [9.17, 15) is 18.0 Å². The summed E-state index contributed by atoms with van der Waals surface area (Å²) in [5.74, 6) is -0.322. The van der Waals surface area contributed by atoms with E-state index in [2.05, 4.69) is 10.5 Å². The Morgan fingerprint density at radius 2 is 2.14 bits per heavy atom. The van der Waals surface area contributed by atoms with Crippen LogP contribution < -0.4 is 5.32 Å². The van der Waals surface area contributed by atoms with Crippen molar-refractivity contribution >= 4 is 27.7 Å². The Morgan fingerprint density at radius 3 is 2.79 bits per heavy atom. The van der Waals surface area contributed by atoms with Gasteiger partial charge in [-0.3, -0.25) is 4.79 Å². The normalized spacial score (nSPS) is 17.6. The van der Waals surface area contributed by atoms with Crippen LogP contribution in [0.2, 0.25) is 0 Å². The van der Waals surface area contributed by atoms with E-state index in [1.54, 1.807) is 27.0 Å². The lowest BCUT2D eigenvalue weighted by atomic mass is 10.2. The molecule has 1 amide bonds. The number of aromatic nitrogens is 2. The summed E-state index contributed by atoms with van der Waals surface area (Å²) in [7, 11) is -2.41. The van der Waals surface area contributed by atoms with Gasteiger partial charge in [0, 0.05) is 25.9 Å². The van der Waals surface area contributed by atoms with Crippen LogP contribution in [0.3, 0.4) is 0 Å². The molecule has 0 bridgehead atoms. The third kappa shape index (κ3) is 3.80. The van der Waals surface area contributed by atoms with Crippen molar-refractivity contribution in [3.05, 3.63) is 29.8 Å². The van der Waals surface area contributed by atoms with Crippen LogP contribution in [0.4, 0.5) is 5.82 Å². The van der Waals surface area contributed by atoms with Gasteiger partial charge in [0.1, 0.15) is 22.4 Å². The largest absolute Gasteiger partial charge is 0.461 e. The average Bonchev–Trinajstić information content (AvgIpc) is 3.35. The number of ether oxygens (including phenoxy) is 1. The van der Waals surface area contributed by atoms with Gasteiger partial charge in [0.25, 0.3) is 0 Å². The molecule has 1 aliphatic heterocycles. The summed E-state index contributed by atoms with van der Waals surface area (Å²) in [5.41, 5.74) is 0.124. The van der Waals surface area contributed by atoms with E-state index in [0.717, 1.165) is 4.31 Å². The van der Waals surface area contributed by atoms with Gasteiger partial charge in [0.15, 0.2) is 5.82 Å². The molecule has 1 saturated heterocycles. The topological polar surface area (TPSA) is 124 Å². The Bertz CT molecular complexity index is 993. The van der Waals surface area contributed by atoms with Gasteiger partial charge in [0.05, 0.1) is 6.61 Å². The van der Waals surface area contributed by atoms with Crippen molar-refractivity contribution < 1.29 is 27.3 Å². The van der Waals surface area contributed by atoms with Crippen LogP contribution >= 0.6 is 0 Å². The smallest absolute Gasteiger partial charge is 0.354 e. The molecule has 1 fully saturated rings. The van der Waals surface area contributed by atoms with Gasteiger partial charge < -0.3 is 19.1 Å². The van der Waals surface area contributed by atoms with E-state index in [0.29, 0.717) is 18.6 Å². The third-order valence-corrected chi connectivity index (χ3v) is 6.33. The van der Waals surface area contributed by atoms with Crippen molar-refractivity contribution in [2.45, 2.75) is 37.6 Å². The minimum atomic E-state index is -3.97. The van der Waals surface area contributed by atoms with E-state index in [4.69, 9.17) is 9.26 Å². The zero-order valence-corrected chi connectivity index (χ0v) is 16.7. The van der Waals surface area contributed by atoms with Gasteiger partial charge in [-0.1, -0.05) is 5.16 Å². The van der Waals surface area contributed by atoms with E-state index in [1.807, 2.05) is 0 Å². The highest BCUT2D eigenvalue weighted by Crippen LogP contribution is 2.28. The molecule has 3 rings (SSSR count). The summed E-state index contributed by atoms with van der Waals surface area (Å²) in [5, 5.41) is 6.28. The second kappa shape index (κ2) is 7.76. The minimum Gasteiger partial charge on any atom is -0.461 e. The second-order valence-electron chi connectivity index (χ2n) is 6.48. The summed E-state index contributed by atoms with van der Waals surface area (Å²) >= 11 is 0. The monoisotopic (exact) mass is 410 g/mol. The second-order valence-corrected chi connectivity index (χ2v) is 8.37. The number of esters is 1. The quantitative estimate of drug-likeness (QED) is 0.712. The molecule has 1 atom stereocenters. The number of hydrogen-bond acceptors (Lipinski definition) is 7. The first kappa shape index (κ1) is 20.1. The van der Waals surface area contributed by atoms with Crippen molar-refractivity contribution in [1.29, 1.82) is 0 Å². The SMILES string of the molecule is CCOC(=O)c1cc(S(=O)(=O)N2CCC[C@@H]2C(=O)Nc2cc(C)on2)cn1C. The van der Waals surface area contributed by atoms with Gasteiger partial charge in [-0.15, -0.1) is 0 Å². The van der Waals surface area contributed by atoms with E-state index in [-0.39, 0.29) is 29.6 Å². The maximum atomic E-state index is 13.1. The molecule has 0 radical (unpaired) electrons. The fourth-order valence-electron chi connectivity index (χ4n) is 3.14. The standard InChI is InChI=1S/C17H22N4O6S/c1-4-26-17(23)14-9-12(10-20(14)3)28(24,25)21-7-5-6-13(21)16(22)18-15-8-11(2)27-19-15/h8-10,13H,4-7H2,1-3H3,(H,18,19,22)/t13-/m1/s1. The first-order valence-electron chi connectivity index (χ1n) is 8.83. The van der Waals surface area contributed by atoms with E-state index >= 15 is 0 Å². The predicted molar refractivity (Wildman–Crippen MR) is 98.2 cm³/mol. The van der Waals surface area contributed by atoms with Crippen LogP contribution in [0.5, 0.6) is 0 Å². The van der Waals surface area contributed by atoms with E-state index < -0.39 is 27.9 Å². The van der Waals surface area contributed by atoms with Crippen LogP contribution in [0.15, 0.2) is 27.7 Å². The lowest BCUT2D eigenvalue weighted by molar-refractivity contribution is -0.119. The van der Waals surface area contributed by atoms with Crippen molar-refractivity contribution in [3.8, 4) is 0 Å². The fourth-order valence-corrected chi connectivity index (χ4v) is 4.87. The lowest BCUT2D eigenvalue weighted by Crippen LogP contribution is -2.43. The highest BCUT2D eigenvalue weighted by atomic mass is 32.2. The molecular formula is C17H22N4O6S. The van der Waals surface area contributed by atoms with Crippen LogP contribution in [-0.2, 0) is 26.6 Å². The molecule has 3 heterocycles. The molecule has 0 unspecified atom stereocenters. The highest BCUT2D eigenvalue weighted by Gasteiger charge is 2.40. The molecule has 11 heteroatoms. The molecule has 2 aromatic rings. The van der Waals surface area contributed by atoms with Crippen molar-refractivity contribution in [3.63, 3.8) is 0 Å². The fraction of sp³-hybridized carbons (Fsp3) is 0.471. The predicted octanol–water partition coefficient (Wildman–Crippen LogP) is 1.29. The summed E-state index contributed by atoms with van der Waals surface area (Å²) in [4.78, 5) is 24.5. The molecule has 0 aliphatic carbocycles. The third-order valence-electron chi connectivity index (χ3n) is 4.46. The van der Waals surface area contributed by atoms with E-state index in [1.165, 1.54) is 16.8 Å². The van der Waals surface area contributed by atoms with Crippen molar-refractivity contribution in [1.82, 2.24) is 14.0 Å². The minimum absolute atomic E-state index is 0.0602. The summed E-state index contributed by atoms with van der Waals surface area (Å²) in [6.07, 6.45) is 2.28. The first-order valence-corrected chi connectivity index (χ1v) is 10.3. The number of sulfonamides is 1. The first-order chi connectivity index (χ1) is 13.2. The van der Waals surface area contributed by atoms with Crippen LogP contribution in [0.25, 0.3) is 0 Å². The zero-order valence-electron chi connectivity index (χ0n) is 15.8. The van der Waals surface area contributed by atoms with Crippen molar-refractivity contribution in [2.75, 3.05) is 18.5 Å². The number of carbonyl (C=O) groups is 2. The molecule has 1 aliphatic rings. The number of nitrogens with one attached hydrogen (secondary N) is 1. The molecule has 2 aromatic heterocycles. The Morgan fingerprint density at radius 1 is 1.39 bits per heavy atom. The maximum absolute atomic E-state index is 13.1. The number of hydrogen-bond donors (Lipinski definition) is 1. The molecular weight excluding hydrogens is 388 g/mol. The average molecular weight is 410 g/mol. The Kier molecular flexibility index (Phi) is 5.57. The molecule has 1 N–H and O–H groups in total. The molecule has 28 heavy (non-hydrogen) atoms. The summed E-state index contributed by atoms with van der Waals surface area (Å²) < 4.78 is 38.6. The Balaban J connectivity index is 1.83. The van der Waals surface area contributed by atoms with Gasteiger partial charge in [-0.25, -0.2) is 13.2 Å². The molecule has 0 spiro atoms. The van der Waals surface area contributed by atoms with Crippen LogP contribution in [0.1, 0.15) is 36.0 Å². The molecule has 152 valence electrons.